The molecule has 0 aliphatic heterocycles. The normalized spacial score (nSPS) is 10.7. The lowest BCUT2D eigenvalue weighted by Crippen LogP contribution is -2.12. The zero-order chi connectivity index (χ0) is 22.3. The molecule has 0 aliphatic rings. The molecule has 0 radical (unpaired) electrons. The van der Waals surface area contributed by atoms with Crippen LogP contribution in [0.5, 0.6) is 5.75 Å². The molecule has 3 aromatic carbocycles. The Morgan fingerprint density at radius 3 is 2.62 bits per heavy atom. The molecule has 0 fully saturated rings. The van der Waals surface area contributed by atoms with Crippen LogP contribution in [0.25, 0.3) is 0 Å². The van der Waals surface area contributed by atoms with Gasteiger partial charge in [-0.15, -0.1) is 0 Å². The summed E-state index contributed by atoms with van der Waals surface area (Å²) in [5.74, 6) is 0.611. The number of carbonyl (C=O) groups is 1. The van der Waals surface area contributed by atoms with Gasteiger partial charge in [0.1, 0.15) is 12.4 Å². The summed E-state index contributed by atoms with van der Waals surface area (Å²) in [7, 11) is 0. The molecule has 0 saturated heterocycles. The van der Waals surface area contributed by atoms with Crippen LogP contribution >= 0.6 is 11.6 Å². The molecule has 5 nitrogen and oxygen atoms in total. The van der Waals surface area contributed by atoms with Crippen molar-refractivity contribution in [3.8, 4) is 5.75 Å². The number of hydrogen-bond acceptors (Lipinski definition) is 3. The maximum Gasteiger partial charge on any atom is 0.255 e. The van der Waals surface area contributed by atoms with Gasteiger partial charge in [-0.3, -0.25) is 9.48 Å². The summed E-state index contributed by atoms with van der Waals surface area (Å²) >= 11 is 6.22. The van der Waals surface area contributed by atoms with Crippen LogP contribution in [-0.2, 0) is 19.6 Å². The van der Waals surface area contributed by atoms with Crippen LogP contribution in [-0.4, -0.2) is 15.7 Å². The van der Waals surface area contributed by atoms with E-state index in [-0.39, 0.29) is 5.91 Å². The second-order valence-electron chi connectivity index (χ2n) is 7.46. The zero-order valence-electron chi connectivity index (χ0n) is 17.8. The van der Waals surface area contributed by atoms with E-state index in [0.29, 0.717) is 29.4 Å². The Kier molecular flexibility index (Phi) is 6.87. The molecule has 1 aromatic heterocycles. The van der Waals surface area contributed by atoms with Crippen molar-refractivity contribution in [2.45, 2.75) is 26.5 Å². The van der Waals surface area contributed by atoms with Crippen molar-refractivity contribution in [3.05, 3.63) is 112 Å². The van der Waals surface area contributed by atoms with E-state index in [1.165, 1.54) is 5.56 Å². The van der Waals surface area contributed by atoms with Gasteiger partial charge in [-0.25, -0.2) is 0 Å². The second-order valence-corrected chi connectivity index (χ2v) is 7.87. The Labute approximate surface area is 192 Å². The first-order chi connectivity index (χ1) is 15.6. The van der Waals surface area contributed by atoms with Gasteiger partial charge in [0.2, 0.25) is 0 Å². The Morgan fingerprint density at radius 2 is 1.84 bits per heavy atom. The van der Waals surface area contributed by atoms with Crippen LogP contribution in [0.1, 0.15) is 34.0 Å². The highest BCUT2D eigenvalue weighted by atomic mass is 35.5. The lowest BCUT2D eigenvalue weighted by molar-refractivity contribution is 0.102. The van der Waals surface area contributed by atoms with Crippen LogP contribution < -0.4 is 10.1 Å². The Balaban J connectivity index is 1.36. The third-order valence-electron chi connectivity index (χ3n) is 5.11. The largest absolute Gasteiger partial charge is 0.489 e. The highest BCUT2D eigenvalue weighted by Gasteiger charge is 2.10. The molecular formula is C26H24ClN3O2. The van der Waals surface area contributed by atoms with Gasteiger partial charge in [0.15, 0.2) is 0 Å². The summed E-state index contributed by atoms with van der Waals surface area (Å²) in [4.78, 5) is 12.7. The van der Waals surface area contributed by atoms with Crippen molar-refractivity contribution in [1.82, 2.24) is 9.78 Å². The van der Waals surface area contributed by atoms with Crippen LogP contribution in [0.15, 0.2) is 85.2 Å². The number of aromatic nitrogens is 2. The predicted molar refractivity (Wildman–Crippen MR) is 127 cm³/mol. The van der Waals surface area contributed by atoms with Crippen LogP contribution in [0, 0.1) is 0 Å². The molecular weight excluding hydrogens is 422 g/mol. The summed E-state index contributed by atoms with van der Waals surface area (Å²) in [5, 5.41) is 7.90. The molecule has 0 spiro atoms. The van der Waals surface area contributed by atoms with Gasteiger partial charge in [-0.05, 0) is 53.4 Å². The molecule has 32 heavy (non-hydrogen) atoms. The quantitative estimate of drug-likeness (QED) is 0.363. The van der Waals surface area contributed by atoms with E-state index in [1.807, 2.05) is 54.6 Å². The lowest BCUT2D eigenvalue weighted by Gasteiger charge is -2.09. The molecule has 0 saturated carbocycles. The summed E-state index contributed by atoms with van der Waals surface area (Å²) in [6.07, 6.45) is 4.41. The summed E-state index contributed by atoms with van der Waals surface area (Å²) in [6, 6.07) is 23.1. The number of ether oxygens (including phenoxy) is 1. The number of benzene rings is 3. The number of aryl methyl sites for hydroxylation is 1. The van der Waals surface area contributed by atoms with E-state index < -0.39 is 0 Å². The predicted octanol–water partition coefficient (Wildman–Crippen LogP) is 5.98. The van der Waals surface area contributed by atoms with Crippen molar-refractivity contribution in [3.63, 3.8) is 0 Å². The Bertz CT molecular complexity index is 1200. The second kappa shape index (κ2) is 10.2. The van der Waals surface area contributed by atoms with E-state index in [1.54, 1.807) is 23.1 Å². The molecule has 6 heteroatoms. The molecule has 0 aliphatic carbocycles. The number of anilines is 1. The fourth-order valence-corrected chi connectivity index (χ4v) is 3.50. The molecule has 1 amide bonds. The number of nitrogens with zero attached hydrogens (tertiary/aromatic N) is 2. The lowest BCUT2D eigenvalue weighted by atomic mass is 10.1. The number of hydrogen-bond donors (Lipinski definition) is 1. The van der Waals surface area contributed by atoms with Gasteiger partial charge in [-0.2, -0.15) is 5.10 Å². The molecule has 0 bridgehead atoms. The topological polar surface area (TPSA) is 56.1 Å². The molecule has 0 unspecified atom stereocenters. The van der Waals surface area contributed by atoms with Gasteiger partial charge in [0.05, 0.1) is 18.4 Å². The molecule has 1 heterocycles. The highest BCUT2D eigenvalue weighted by Crippen LogP contribution is 2.18. The fraction of sp³-hybridized carbons (Fsp3) is 0.154. The van der Waals surface area contributed by atoms with Crippen molar-refractivity contribution in [2.24, 2.45) is 0 Å². The summed E-state index contributed by atoms with van der Waals surface area (Å²) in [6.45, 7) is 3.04. The van der Waals surface area contributed by atoms with Gasteiger partial charge in [0.25, 0.3) is 5.91 Å². The highest BCUT2D eigenvalue weighted by molar-refractivity contribution is 6.31. The SMILES string of the molecule is CCc1ccc(OCc2cccc(C(=O)Nc3cnn(Cc4ccccc4Cl)c3)c2)cc1. The first-order valence-corrected chi connectivity index (χ1v) is 10.9. The number of nitrogens with one attached hydrogen (secondary N) is 1. The average molecular weight is 446 g/mol. The van der Waals surface area contributed by atoms with E-state index in [2.05, 4.69) is 29.5 Å². The first kappa shape index (κ1) is 21.7. The first-order valence-electron chi connectivity index (χ1n) is 10.5. The Hall–Kier alpha value is -3.57. The minimum atomic E-state index is -0.198. The van der Waals surface area contributed by atoms with Crippen molar-refractivity contribution in [1.29, 1.82) is 0 Å². The van der Waals surface area contributed by atoms with E-state index in [4.69, 9.17) is 16.3 Å². The number of rotatable bonds is 8. The number of carbonyl (C=O) groups excluding carboxylic acids is 1. The third-order valence-corrected chi connectivity index (χ3v) is 5.48. The minimum Gasteiger partial charge on any atom is -0.489 e. The number of halogens is 1. The van der Waals surface area contributed by atoms with Gasteiger partial charge in [0, 0.05) is 16.8 Å². The van der Waals surface area contributed by atoms with Crippen LogP contribution in [0.4, 0.5) is 5.69 Å². The maximum atomic E-state index is 12.7. The smallest absolute Gasteiger partial charge is 0.255 e. The van der Waals surface area contributed by atoms with Gasteiger partial charge < -0.3 is 10.1 Å². The van der Waals surface area contributed by atoms with Crippen molar-refractivity contribution >= 4 is 23.2 Å². The molecule has 4 aromatic rings. The van der Waals surface area contributed by atoms with Crippen molar-refractivity contribution < 1.29 is 9.53 Å². The maximum absolute atomic E-state index is 12.7. The fourth-order valence-electron chi connectivity index (χ4n) is 3.31. The number of amides is 1. The minimum absolute atomic E-state index is 0.198. The van der Waals surface area contributed by atoms with Gasteiger partial charge in [-0.1, -0.05) is 61.0 Å². The molecule has 1 N–H and O–H groups in total. The van der Waals surface area contributed by atoms with Gasteiger partial charge >= 0.3 is 0 Å². The molecule has 4 rings (SSSR count). The Morgan fingerprint density at radius 1 is 1.03 bits per heavy atom. The summed E-state index contributed by atoms with van der Waals surface area (Å²) in [5.41, 5.74) is 4.34. The molecule has 0 atom stereocenters. The van der Waals surface area contributed by atoms with Crippen LogP contribution in [0.2, 0.25) is 5.02 Å². The average Bonchev–Trinajstić information content (AvgIpc) is 3.26. The zero-order valence-corrected chi connectivity index (χ0v) is 18.5. The van der Waals surface area contributed by atoms with E-state index >= 15 is 0 Å². The van der Waals surface area contributed by atoms with Crippen molar-refractivity contribution in [2.75, 3.05) is 5.32 Å². The standard InChI is InChI=1S/C26H24ClN3O2/c1-2-19-10-12-24(13-11-19)32-18-20-6-5-8-21(14-20)26(31)29-23-15-28-30(17-23)16-22-7-3-4-9-25(22)27/h3-15,17H,2,16,18H2,1H3,(H,29,31). The van der Waals surface area contributed by atoms with E-state index in [0.717, 1.165) is 23.3 Å². The summed E-state index contributed by atoms with van der Waals surface area (Å²) < 4.78 is 7.60. The monoisotopic (exact) mass is 445 g/mol. The van der Waals surface area contributed by atoms with E-state index in [9.17, 15) is 4.79 Å². The molecule has 162 valence electrons. The van der Waals surface area contributed by atoms with Crippen LogP contribution in [0.3, 0.4) is 0 Å². The third kappa shape index (κ3) is 5.56.